The van der Waals surface area contributed by atoms with E-state index in [4.69, 9.17) is 15.2 Å². The van der Waals surface area contributed by atoms with Gasteiger partial charge in [0, 0.05) is 39.8 Å². The summed E-state index contributed by atoms with van der Waals surface area (Å²) < 4.78 is 11.5. The van der Waals surface area contributed by atoms with E-state index in [1.165, 1.54) is 6.92 Å². The lowest BCUT2D eigenvalue weighted by atomic mass is 9.90. The lowest BCUT2D eigenvalue weighted by molar-refractivity contribution is -0.114. The van der Waals surface area contributed by atoms with Gasteiger partial charge in [-0.1, -0.05) is 39.8 Å². The van der Waals surface area contributed by atoms with Crippen molar-refractivity contribution < 1.29 is 23.9 Å². The van der Waals surface area contributed by atoms with Gasteiger partial charge in [-0.25, -0.2) is 0 Å². The molecule has 0 fully saturated rings. The van der Waals surface area contributed by atoms with Crippen molar-refractivity contribution in [2.75, 3.05) is 35.5 Å². The van der Waals surface area contributed by atoms with E-state index in [0.29, 0.717) is 50.7 Å². The van der Waals surface area contributed by atoms with E-state index in [-0.39, 0.29) is 29.6 Å². The normalized spacial score (nSPS) is 14.9. The van der Waals surface area contributed by atoms with Crippen molar-refractivity contribution in [3.63, 3.8) is 0 Å². The number of nitrogens with two attached hydrogens (primary N) is 1. The van der Waals surface area contributed by atoms with E-state index in [1.54, 1.807) is 48.7 Å². The Balaban J connectivity index is 1.33. The number of thiophene rings is 1. The van der Waals surface area contributed by atoms with Gasteiger partial charge in [-0.3, -0.25) is 19.3 Å². The molecule has 0 bridgehead atoms. The summed E-state index contributed by atoms with van der Waals surface area (Å²) in [6, 6.07) is 22.8. The van der Waals surface area contributed by atoms with Gasteiger partial charge < -0.3 is 25.8 Å². The van der Waals surface area contributed by atoms with Gasteiger partial charge in [0.1, 0.15) is 11.5 Å². The molecular formula is C44H42N4O5S. The fourth-order valence-electron chi connectivity index (χ4n) is 7.24. The van der Waals surface area contributed by atoms with Crippen LogP contribution in [0.3, 0.4) is 0 Å². The summed E-state index contributed by atoms with van der Waals surface area (Å²) in [6.45, 7) is 9.87. The third-order valence-corrected chi connectivity index (χ3v) is 10.6. The zero-order valence-corrected chi connectivity index (χ0v) is 32.1. The molecule has 4 N–H and O–H groups in total. The van der Waals surface area contributed by atoms with E-state index in [2.05, 4.69) is 50.5 Å². The Morgan fingerprint density at radius 1 is 0.852 bits per heavy atom. The molecule has 2 aliphatic heterocycles. The quantitative estimate of drug-likeness (QED) is 0.102. The summed E-state index contributed by atoms with van der Waals surface area (Å²) in [5.41, 5.74) is 15.7. The minimum atomic E-state index is -0.297. The molecule has 274 valence electrons. The molecule has 4 aromatic carbocycles. The van der Waals surface area contributed by atoms with Crippen LogP contribution in [0.5, 0.6) is 11.5 Å². The van der Waals surface area contributed by atoms with Crippen LogP contribution in [0.1, 0.15) is 79.8 Å². The molecule has 0 saturated carbocycles. The Kier molecular flexibility index (Phi) is 9.64. The number of hydrogen-bond donors (Lipinski definition) is 3. The fourth-order valence-corrected chi connectivity index (χ4v) is 7.98. The molecule has 1 aromatic heterocycles. The highest BCUT2D eigenvalue weighted by molar-refractivity contribution is 7.13. The molecule has 0 atom stereocenters. The lowest BCUT2D eigenvalue weighted by Crippen LogP contribution is -2.20. The molecule has 9 nitrogen and oxygen atoms in total. The number of nitrogens with zero attached hydrogens (tertiary/aromatic N) is 1. The minimum Gasteiger partial charge on any atom is -0.496 e. The summed E-state index contributed by atoms with van der Waals surface area (Å²) in [4.78, 5) is 43.2. The first-order chi connectivity index (χ1) is 25.9. The standard InChI is InChI=1S/C44H42N4O5S/c1-23(2)31-17-27(18-32(24(3)4)42(31)53-7)19-35-41-37(46-25(5)49)20-28(45)21-38(41)48(44(35)51)29-11-12-30-33(43(50)47-36(30)22-29)15-26-10-13-39(52-6)34(16-26)40-9-8-14-54-40/h8-24H,45H2,1-7H3,(H,46,49)(H,47,50). The smallest absolute Gasteiger partial charge is 0.263 e. The molecular weight excluding hydrogens is 697 g/mol. The van der Waals surface area contributed by atoms with Crippen molar-refractivity contribution in [2.24, 2.45) is 0 Å². The molecule has 3 heterocycles. The van der Waals surface area contributed by atoms with E-state index in [1.807, 2.05) is 60.0 Å². The molecule has 54 heavy (non-hydrogen) atoms. The number of nitrogen functional groups attached to an aromatic ring is 1. The van der Waals surface area contributed by atoms with Crippen LogP contribution in [-0.4, -0.2) is 31.9 Å². The Morgan fingerprint density at radius 3 is 2.20 bits per heavy atom. The van der Waals surface area contributed by atoms with Crippen molar-refractivity contribution in [3.8, 4) is 21.9 Å². The van der Waals surface area contributed by atoms with Crippen LogP contribution in [0.15, 0.2) is 78.2 Å². The average molecular weight is 739 g/mol. The number of nitrogens with one attached hydrogen (secondary N) is 2. The maximum Gasteiger partial charge on any atom is 0.263 e. The van der Waals surface area contributed by atoms with Crippen molar-refractivity contribution in [3.05, 3.63) is 112 Å². The van der Waals surface area contributed by atoms with Gasteiger partial charge in [0.05, 0.1) is 42.5 Å². The zero-order valence-electron chi connectivity index (χ0n) is 31.3. The largest absolute Gasteiger partial charge is 0.496 e. The second kappa shape index (κ2) is 14.4. The number of ether oxygens (including phenoxy) is 2. The van der Waals surface area contributed by atoms with Gasteiger partial charge in [0.25, 0.3) is 11.8 Å². The van der Waals surface area contributed by atoms with Crippen molar-refractivity contribution in [1.29, 1.82) is 0 Å². The third-order valence-electron chi connectivity index (χ3n) is 9.69. The van der Waals surface area contributed by atoms with Gasteiger partial charge in [-0.05, 0) is 112 Å². The van der Waals surface area contributed by atoms with Gasteiger partial charge in [0.15, 0.2) is 0 Å². The highest BCUT2D eigenvalue weighted by atomic mass is 32.1. The number of fused-ring (bicyclic) bond motifs is 2. The number of benzene rings is 4. The Hall–Kier alpha value is -6.13. The monoisotopic (exact) mass is 738 g/mol. The summed E-state index contributed by atoms with van der Waals surface area (Å²) >= 11 is 1.61. The number of hydrogen-bond acceptors (Lipinski definition) is 7. The van der Waals surface area contributed by atoms with Gasteiger partial charge in [0.2, 0.25) is 5.91 Å². The molecule has 3 amide bonds. The summed E-state index contributed by atoms with van der Waals surface area (Å²) in [5, 5.41) is 7.91. The van der Waals surface area contributed by atoms with Gasteiger partial charge >= 0.3 is 0 Å². The summed E-state index contributed by atoms with van der Waals surface area (Å²) in [6.07, 6.45) is 3.73. The lowest BCUT2D eigenvalue weighted by Gasteiger charge is -2.20. The Bertz CT molecular complexity index is 2380. The number of methoxy groups -OCH3 is 2. The first kappa shape index (κ1) is 36.2. The molecule has 0 radical (unpaired) electrons. The second-order valence-corrected chi connectivity index (χ2v) is 15.0. The fraction of sp³-hybridized carbons (Fsp3) is 0.205. The van der Waals surface area contributed by atoms with Crippen LogP contribution in [0, 0.1) is 0 Å². The van der Waals surface area contributed by atoms with E-state index < -0.39 is 0 Å². The van der Waals surface area contributed by atoms with Crippen LogP contribution in [0.2, 0.25) is 0 Å². The molecule has 10 heteroatoms. The molecule has 0 unspecified atom stereocenters. The minimum absolute atomic E-state index is 0.168. The van der Waals surface area contributed by atoms with Crippen molar-refractivity contribution >= 4 is 80.8 Å². The van der Waals surface area contributed by atoms with Crippen LogP contribution in [-0.2, 0) is 14.4 Å². The second-order valence-electron chi connectivity index (χ2n) is 14.1. The molecule has 0 aliphatic carbocycles. The highest BCUT2D eigenvalue weighted by Crippen LogP contribution is 2.49. The first-order valence-corrected chi connectivity index (χ1v) is 18.6. The Labute approximate surface area is 319 Å². The maximum absolute atomic E-state index is 14.7. The molecule has 7 rings (SSSR count). The molecule has 2 aliphatic rings. The predicted molar refractivity (Wildman–Crippen MR) is 221 cm³/mol. The molecule has 0 spiro atoms. The average Bonchev–Trinajstić information content (AvgIpc) is 3.84. The Morgan fingerprint density at radius 2 is 1.57 bits per heavy atom. The van der Waals surface area contributed by atoms with E-state index in [0.717, 1.165) is 44.2 Å². The number of rotatable bonds is 9. The van der Waals surface area contributed by atoms with Crippen molar-refractivity contribution in [2.45, 2.75) is 46.5 Å². The molecule has 5 aromatic rings. The van der Waals surface area contributed by atoms with Crippen LogP contribution in [0.25, 0.3) is 33.7 Å². The van der Waals surface area contributed by atoms with Crippen molar-refractivity contribution in [1.82, 2.24) is 0 Å². The number of carbonyl (C=O) groups excluding carboxylic acids is 3. The van der Waals surface area contributed by atoms with Crippen LogP contribution < -0.4 is 30.7 Å². The number of carbonyl (C=O) groups is 3. The third kappa shape index (κ3) is 6.54. The van der Waals surface area contributed by atoms with Gasteiger partial charge in [-0.15, -0.1) is 11.3 Å². The highest BCUT2D eigenvalue weighted by Gasteiger charge is 2.37. The van der Waals surface area contributed by atoms with Crippen LogP contribution >= 0.6 is 11.3 Å². The number of anilines is 5. The van der Waals surface area contributed by atoms with E-state index >= 15 is 0 Å². The summed E-state index contributed by atoms with van der Waals surface area (Å²) in [7, 11) is 3.33. The van der Waals surface area contributed by atoms with E-state index in [9.17, 15) is 14.4 Å². The topological polar surface area (TPSA) is 123 Å². The maximum atomic E-state index is 14.7. The molecule has 0 saturated heterocycles. The summed E-state index contributed by atoms with van der Waals surface area (Å²) in [5.74, 6) is 1.10. The first-order valence-electron chi connectivity index (χ1n) is 17.8. The SMILES string of the molecule is COc1ccc(C=C2C(=O)Nc3cc(N4C(=O)C(=Cc5cc(C(C)C)c(OC)c(C(C)C)c5)c5c(NC(C)=O)cc(N)cc54)ccc32)cc1-c1cccs1. The number of amides is 3. The van der Waals surface area contributed by atoms with Crippen LogP contribution in [0.4, 0.5) is 28.4 Å². The zero-order chi connectivity index (χ0) is 38.4. The van der Waals surface area contributed by atoms with Gasteiger partial charge in [-0.2, -0.15) is 0 Å². The predicted octanol–water partition coefficient (Wildman–Crippen LogP) is 9.93.